The molecule has 3 heteroatoms. The zero-order valence-corrected chi connectivity index (χ0v) is 19.9. The highest BCUT2D eigenvalue weighted by atomic mass is 16.5. The normalized spacial score (nSPS) is 24.4. The molecule has 174 valence electrons. The van der Waals surface area contributed by atoms with Crippen LogP contribution in [0.15, 0.2) is 60.7 Å². The highest BCUT2D eigenvalue weighted by molar-refractivity contribution is 5.30. The molecule has 2 aromatic carbocycles. The van der Waals surface area contributed by atoms with E-state index in [-0.39, 0.29) is 5.41 Å². The number of nitrogens with two attached hydrogens (primary N) is 1. The number of piperidine rings is 1. The molecule has 2 aliphatic rings. The minimum absolute atomic E-state index is 0.0213. The van der Waals surface area contributed by atoms with Gasteiger partial charge in [-0.1, -0.05) is 80.4 Å². The van der Waals surface area contributed by atoms with Crippen LogP contribution in [0.3, 0.4) is 0 Å². The molecule has 0 bridgehead atoms. The number of rotatable bonds is 10. The number of ether oxygens (including phenoxy) is 1. The van der Waals surface area contributed by atoms with Crippen molar-refractivity contribution in [2.75, 3.05) is 26.2 Å². The van der Waals surface area contributed by atoms with Crippen LogP contribution in [0, 0.1) is 11.8 Å². The van der Waals surface area contributed by atoms with Crippen LogP contribution in [0.2, 0.25) is 0 Å². The summed E-state index contributed by atoms with van der Waals surface area (Å²) in [4.78, 5) is 2.63. The molecule has 1 aliphatic carbocycles. The summed E-state index contributed by atoms with van der Waals surface area (Å²) >= 11 is 0. The van der Waals surface area contributed by atoms with Gasteiger partial charge in [-0.25, -0.2) is 0 Å². The van der Waals surface area contributed by atoms with E-state index >= 15 is 0 Å². The Bertz CT molecular complexity index is 787. The van der Waals surface area contributed by atoms with Crippen molar-refractivity contribution in [2.45, 2.75) is 69.9 Å². The van der Waals surface area contributed by atoms with Gasteiger partial charge >= 0.3 is 0 Å². The lowest BCUT2D eigenvalue weighted by molar-refractivity contribution is -0.0220. The fourth-order valence-corrected chi connectivity index (χ4v) is 6.48. The van der Waals surface area contributed by atoms with E-state index in [1.54, 1.807) is 0 Å². The molecule has 1 heterocycles. The van der Waals surface area contributed by atoms with Crippen molar-refractivity contribution in [2.24, 2.45) is 17.6 Å². The Morgan fingerprint density at radius 3 is 2.28 bits per heavy atom. The lowest BCUT2D eigenvalue weighted by Crippen LogP contribution is -2.54. The van der Waals surface area contributed by atoms with Crippen LogP contribution in [0.1, 0.15) is 63.0 Å². The van der Waals surface area contributed by atoms with E-state index in [2.05, 4.69) is 72.5 Å². The molecular weight excluding hydrogens is 392 g/mol. The number of unbranched alkanes of at least 4 members (excludes halogenated alkanes) is 1. The quantitative estimate of drug-likeness (QED) is 0.482. The van der Waals surface area contributed by atoms with Crippen LogP contribution in [0.25, 0.3) is 0 Å². The monoisotopic (exact) mass is 434 g/mol. The SMILES string of the molecule is CCCCOC1CCCC1C(CN)(c1ccccc1)C1CCN(Cc2ccccc2)CC1. The lowest BCUT2D eigenvalue weighted by atomic mass is 9.58. The molecule has 2 fully saturated rings. The molecule has 4 rings (SSSR count). The predicted octanol–water partition coefficient (Wildman–Crippen LogP) is 5.78. The summed E-state index contributed by atoms with van der Waals surface area (Å²) in [6.07, 6.45) is 8.84. The van der Waals surface area contributed by atoms with Crippen molar-refractivity contribution in [3.05, 3.63) is 71.8 Å². The van der Waals surface area contributed by atoms with Gasteiger partial charge in [0.05, 0.1) is 6.10 Å². The van der Waals surface area contributed by atoms with Crippen LogP contribution >= 0.6 is 0 Å². The van der Waals surface area contributed by atoms with Gasteiger partial charge in [-0.3, -0.25) is 4.90 Å². The van der Waals surface area contributed by atoms with Crippen LogP contribution in [0.5, 0.6) is 0 Å². The van der Waals surface area contributed by atoms with E-state index in [1.807, 2.05) is 0 Å². The van der Waals surface area contributed by atoms with Gasteiger partial charge in [0.25, 0.3) is 0 Å². The Labute approximate surface area is 195 Å². The van der Waals surface area contributed by atoms with Crippen molar-refractivity contribution in [1.82, 2.24) is 4.90 Å². The van der Waals surface area contributed by atoms with Crippen molar-refractivity contribution in [1.29, 1.82) is 0 Å². The molecule has 1 aliphatic heterocycles. The lowest BCUT2D eigenvalue weighted by Gasteiger charge is -2.50. The number of hydrogen-bond donors (Lipinski definition) is 1. The molecule has 0 spiro atoms. The van der Waals surface area contributed by atoms with Crippen molar-refractivity contribution in [3.8, 4) is 0 Å². The first-order valence-corrected chi connectivity index (χ1v) is 12.9. The van der Waals surface area contributed by atoms with Crippen LogP contribution in [-0.4, -0.2) is 37.2 Å². The Kier molecular flexibility index (Phi) is 8.40. The van der Waals surface area contributed by atoms with Crippen LogP contribution in [-0.2, 0) is 16.7 Å². The molecule has 1 saturated carbocycles. The summed E-state index contributed by atoms with van der Waals surface area (Å²) in [7, 11) is 0. The van der Waals surface area contributed by atoms with E-state index in [0.717, 1.165) is 39.2 Å². The van der Waals surface area contributed by atoms with Gasteiger partial charge < -0.3 is 10.5 Å². The zero-order valence-electron chi connectivity index (χ0n) is 19.9. The molecule has 32 heavy (non-hydrogen) atoms. The van der Waals surface area contributed by atoms with Gasteiger partial charge in [0.1, 0.15) is 0 Å². The summed E-state index contributed by atoms with van der Waals surface area (Å²) in [5.41, 5.74) is 9.64. The summed E-state index contributed by atoms with van der Waals surface area (Å²) in [6, 6.07) is 22.1. The summed E-state index contributed by atoms with van der Waals surface area (Å²) < 4.78 is 6.51. The molecule has 3 unspecified atom stereocenters. The first-order chi connectivity index (χ1) is 15.8. The Morgan fingerprint density at radius 2 is 1.62 bits per heavy atom. The second kappa shape index (κ2) is 11.4. The molecule has 3 nitrogen and oxygen atoms in total. The second-order valence-electron chi connectivity index (χ2n) is 9.95. The molecule has 0 amide bonds. The Hall–Kier alpha value is -1.68. The third-order valence-corrected chi connectivity index (χ3v) is 8.16. The highest BCUT2D eigenvalue weighted by Gasteiger charge is 2.50. The summed E-state index contributed by atoms with van der Waals surface area (Å²) in [6.45, 7) is 7.22. The molecule has 2 N–H and O–H groups in total. The Morgan fingerprint density at radius 1 is 0.938 bits per heavy atom. The third kappa shape index (κ3) is 5.11. The minimum Gasteiger partial charge on any atom is -0.378 e. The van der Waals surface area contributed by atoms with Gasteiger partial charge in [0.15, 0.2) is 0 Å². The topological polar surface area (TPSA) is 38.5 Å². The second-order valence-corrected chi connectivity index (χ2v) is 9.95. The largest absolute Gasteiger partial charge is 0.378 e. The van der Waals surface area contributed by atoms with Gasteiger partial charge in [-0.15, -0.1) is 0 Å². The van der Waals surface area contributed by atoms with Crippen LogP contribution < -0.4 is 5.73 Å². The van der Waals surface area contributed by atoms with Gasteiger partial charge in [-0.05, 0) is 68.2 Å². The fourth-order valence-electron chi connectivity index (χ4n) is 6.48. The fraction of sp³-hybridized carbons (Fsp3) is 0.586. The number of hydrogen-bond acceptors (Lipinski definition) is 3. The third-order valence-electron chi connectivity index (χ3n) is 8.16. The highest BCUT2D eigenvalue weighted by Crippen LogP contribution is 2.50. The van der Waals surface area contributed by atoms with E-state index in [0.29, 0.717) is 17.9 Å². The summed E-state index contributed by atoms with van der Waals surface area (Å²) in [5.74, 6) is 1.14. The van der Waals surface area contributed by atoms with E-state index in [9.17, 15) is 0 Å². The first kappa shape index (κ1) is 23.5. The average Bonchev–Trinajstić information content (AvgIpc) is 3.31. The van der Waals surface area contributed by atoms with E-state index in [4.69, 9.17) is 10.5 Å². The van der Waals surface area contributed by atoms with Crippen molar-refractivity contribution in [3.63, 3.8) is 0 Å². The van der Waals surface area contributed by atoms with Crippen LogP contribution in [0.4, 0.5) is 0 Å². The maximum atomic E-state index is 6.76. The molecule has 1 saturated heterocycles. The zero-order chi connectivity index (χ0) is 22.2. The van der Waals surface area contributed by atoms with E-state index < -0.39 is 0 Å². The van der Waals surface area contributed by atoms with E-state index in [1.165, 1.54) is 49.7 Å². The van der Waals surface area contributed by atoms with Gasteiger partial charge in [0.2, 0.25) is 0 Å². The molecule has 2 aromatic rings. The molecule has 0 radical (unpaired) electrons. The molecule has 0 aromatic heterocycles. The van der Waals surface area contributed by atoms with Gasteiger partial charge in [0, 0.05) is 25.1 Å². The maximum Gasteiger partial charge on any atom is 0.0612 e. The van der Waals surface area contributed by atoms with Crippen molar-refractivity contribution >= 4 is 0 Å². The smallest absolute Gasteiger partial charge is 0.0612 e. The molecule has 3 atom stereocenters. The minimum atomic E-state index is 0.0213. The average molecular weight is 435 g/mol. The molecular formula is C29H42N2O. The number of nitrogens with zero attached hydrogens (tertiary/aromatic N) is 1. The Balaban J connectivity index is 1.54. The summed E-state index contributed by atoms with van der Waals surface area (Å²) in [5, 5.41) is 0. The number of likely N-dealkylation sites (tertiary alicyclic amines) is 1. The standard InChI is InChI=1S/C29H42N2O/c1-2-3-21-32-28-16-10-15-27(28)29(23-30,25-13-8-5-9-14-25)26-17-19-31(20-18-26)22-24-11-6-4-7-12-24/h4-9,11-14,26-28H,2-3,10,15-23,30H2,1H3. The first-order valence-electron chi connectivity index (χ1n) is 12.9. The maximum absolute atomic E-state index is 6.76. The van der Waals surface area contributed by atoms with Crippen molar-refractivity contribution < 1.29 is 4.74 Å². The predicted molar refractivity (Wildman–Crippen MR) is 134 cm³/mol. The number of benzene rings is 2. The van der Waals surface area contributed by atoms with Gasteiger partial charge in [-0.2, -0.15) is 0 Å².